The average Bonchev–Trinajstić information content (AvgIpc) is 2.91. The molecule has 1 amide bonds. The molecule has 3 nitrogen and oxygen atoms in total. The Bertz CT molecular complexity index is 596. The van der Waals surface area contributed by atoms with E-state index in [1.165, 1.54) is 0 Å². The molecule has 1 aromatic heterocycles. The normalized spacial score (nSPS) is 12.4. The van der Waals surface area contributed by atoms with Crippen LogP contribution in [0.4, 0.5) is 5.69 Å². The van der Waals surface area contributed by atoms with Crippen LogP contribution in [-0.2, 0) is 0 Å². The molecule has 3 N–H and O–H groups in total. The minimum absolute atomic E-state index is 0.0270. The second kappa shape index (κ2) is 6.29. The predicted molar refractivity (Wildman–Crippen MR) is 85.2 cm³/mol. The lowest BCUT2D eigenvalue weighted by Gasteiger charge is -2.21. The molecule has 0 radical (unpaired) electrons. The fourth-order valence-electron chi connectivity index (χ4n) is 1.98. The Morgan fingerprint density at radius 3 is 2.70 bits per heavy atom. The molecule has 0 spiro atoms. The van der Waals surface area contributed by atoms with Gasteiger partial charge in [0.2, 0.25) is 0 Å². The lowest BCUT2D eigenvalue weighted by Crippen LogP contribution is -2.31. The number of carbonyl (C=O) groups is 1. The predicted octanol–water partition coefficient (Wildman–Crippen LogP) is 4.11. The van der Waals surface area contributed by atoms with E-state index in [1.54, 1.807) is 29.5 Å². The van der Waals surface area contributed by atoms with Gasteiger partial charge in [-0.25, -0.2) is 0 Å². The smallest absolute Gasteiger partial charge is 0.253 e. The van der Waals surface area contributed by atoms with Crippen LogP contribution in [0.1, 0.15) is 35.1 Å². The van der Waals surface area contributed by atoms with E-state index >= 15 is 0 Å². The fourth-order valence-corrected chi connectivity index (χ4v) is 3.10. The summed E-state index contributed by atoms with van der Waals surface area (Å²) >= 11 is 7.56. The summed E-state index contributed by atoms with van der Waals surface area (Å²) in [5, 5.41) is 5.54. The van der Waals surface area contributed by atoms with Gasteiger partial charge in [0.15, 0.2) is 0 Å². The number of thiophene rings is 1. The summed E-state index contributed by atoms with van der Waals surface area (Å²) in [5.41, 5.74) is 6.69. The minimum atomic E-state index is -0.197. The van der Waals surface area contributed by atoms with E-state index in [1.807, 2.05) is 17.5 Å². The highest BCUT2D eigenvalue weighted by Gasteiger charge is 2.21. The summed E-state index contributed by atoms with van der Waals surface area (Å²) in [5.74, 6) is 0.0927. The molecule has 2 aromatic rings. The van der Waals surface area contributed by atoms with Crippen molar-refractivity contribution in [1.82, 2.24) is 5.32 Å². The van der Waals surface area contributed by atoms with Gasteiger partial charge in [-0.3, -0.25) is 4.79 Å². The summed E-state index contributed by atoms with van der Waals surface area (Å²) in [6.45, 7) is 4.15. The number of nitrogens with one attached hydrogen (secondary N) is 1. The topological polar surface area (TPSA) is 55.1 Å². The lowest BCUT2D eigenvalue weighted by atomic mass is 10.0. The van der Waals surface area contributed by atoms with Gasteiger partial charge in [0.1, 0.15) is 0 Å². The van der Waals surface area contributed by atoms with Crippen molar-refractivity contribution in [2.24, 2.45) is 5.92 Å². The maximum Gasteiger partial charge on any atom is 0.253 e. The molecule has 0 aliphatic heterocycles. The number of rotatable bonds is 4. The highest BCUT2D eigenvalue weighted by atomic mass is 35.5. The van der Waals surface area contributed by atoms with Crippen LogP contribution >= 0.6 is 22.9 Å². The Balaban J connectivity index is 2.23. The van der Waals surface area contributed by atoms with Gasteiger partial charge in [0, 0.05) is 15.6 Å². The summed E-state index contributed by atoms with van der Waals surface area (Å²) in [6, 6.07) is 8.89. The van der Waals surface area contributed by atoms with E-state index < -0.39 is 0 Å². The minimum Gasteiger partial charge on any atom is -0.398 e. The maximum absolute atomic E-state index is 12.4. The van der Waals surface area contributed by atoms with Gasteiger partial charge in [-0.15, -0.1) is 11.3 Å². The van der Waals surface area contributed by atoms with Crippen LogP contribution in [0.15, 0.2) is 35.7 Å². The van der Waals surface area contributed by atoms with Crippen molar-refractivity contribution in [2.45, 2.75) is 19.9 Å². The van der Waals surface area contributed by atoms with Crippen molar-refractivity contribution < 1.29 is 4.79 Å². The molecule has 20 heavy (non-hydrogen) atoms. The Kier molecular flexibility index (Phi) is 4.68. The molecule has 0 bridgehead atoms. The van der Waals surface area contributed by atoms with Crippen LogP contribution in [0.3, 0.4) is 0 Å². The SMILES string of the molecule is CC(C)C(NC(=O)c1cc(Cl)ccc1N)c1cccs1. The number of anilines is 1. The van der Waals surface area contributed by atoms with Gasteiger partial charge >= 0.3 is 0 Å². The zero-order valence-electron chi connectivity index (χ0n) is 11.4. The summed E-state index contributed by atoms with van der Waals surface area (Å²) in [6.07, 6.45) is 0. The van der Waals surface area contributed by atoms with Crippen LogP contribution in [0.25, 0.3) is 0 Å². The monoisotopic (exact) mass is 308 g/mol. The Morgan fingerprint density at radius 2 is 2.10 bits per heavy atom. The molecule has 1 heterocycles. The van der Waals surface area contributed by atoms with E-state index in [0.717, 1.165) is 4.88 Å². The quantitative estimate of drug-likeness (QED) is 0.835. The molecule has 1 unspecified atom stereocenters. The molecule has 106 valence electrons. The second-order valence-electron chi connectivity index (χ2n) is 4.94. The number of carbonyl (C=O) groups excluding carboxylic acids is 1. The molecular formula is C15H17ClN2OS. The fraction of sp³-hybridized carbons (Fsp3) is 0.267. The summed E-state index contributed by atoms with van der Waals surface area (Å²) in [7, 11) is 0. The largest absolute Gasteiger partial charge is 0.398 e. The highest BCUT2D eigenvalue weighted by Crippen LogP contribution is 2.27. The van der Waals surface area contributed by atoms with Gasteiger partial charge in [-0.1, -0.05) is 31.5 Å². The zero-order valence-corrected chi connectivity index (χ0v) is 13.0. The van der Waals surface area contributed by atoms with Gasteiger partial charge in [-0.05, 0) is 35.6 Å². The maximum atomic E-state index is 12.4. The molecule has 0 aliphatic rings. The second-order valence-corrected chi connectivity index (χ2v) is 6.36. The van der Waals surface area contributed by atoms with Crippen molar-refractivity contribution in [1.29, 1.82) is 0 Å². The lowest BCUT2D eigenvalue weighted by molar-refractivity contribution is 0.0927. The van der Waals surface area contributed by atoms with E-state index in [-0.39, 0.29) is 17.9 Å². The van der Waals surface area contributed by atoms with Gasteiger partial charge in [0.25, 0.3) is 5.91 Å². The number of nitrogen functional groups attached to an aromatic ring is 1. The molecule has 0 saturated heterocycles. The third-order valence-electron chi connectivity index (χ3n) is 3.06. The Hall–Kier alpha value is -1.52. The number of benzene rings is 1. The first-order chi connectivity index (χ1) is 9.49. The molecule has 1 aromatic carbocycles. The molecule has 1 atom stereocenters. The van der Waals surface area contributed by atoms with Crippen molar-refractivity contribution in [3.05, 3.63) is 51.2 Å². The van der Waals surface area contributed by atoms with E-state index in [4.69, 9.17) is 17.3 Å². The van der Waals surface area contributed by atoms with E-state index in [9.17, 15) is 4.79 Å². The van der Waals surface area contributed by atoms with Crippen molar-refractivity contribution in [2.75, 3.05) is 5.73 Å². The van der Waals surface area contributed by atoms with Crippen LogP contribution in [0.2, 0.25) is 5.02 Å². The number of amides is 1. The van der Waals surface area contributed by atoms with Gasteiger partial charge < -0.3 is 11.1 Å². The van der Waals surface area contributed by atoms with E-state index in [0.29, 0.717) is 16.3 Å². The van der Waals surface area contributed by atoms with E-state index in [2.05, 4.69) is 19.2 Å². The van der Waals surface area contributed by atoms with Gasteiger partial charge in [0.05, 0.1) is 11.6 Å². The molecule has 0 fully saturated rings. The molecule has 2 rings (SSSR count). The van der Waals surface area contributed by atoms with Crippen LogP contribution in [-0.4, -0.2) is 5.91 Å². The third kappa shape index (κ3) is 3.32. The van der Waals surface area contributed by atoms with Crippen LogP contribution in [0.5, 0.6) is 0 Å². The molecule has 0 aliphatic carbocycles. The number of halogens is 1. The molecular weight excluding hydrogens is 292 g/mol. The standard InChI is InChI=1S/C15H17ClN2OS/c1-9(2)14(13-4-3-7-20-13)18-15(19)11-8-10(16)5-6-12(11)17/h3-9,14H,17H2,1-2H3,(H,18,19). The molecule has 0 saturated carbocycles. The van der Waals surface area contributed by atoms with Gasteiger partial charge in [-0.2, -0.15) is 0 Å². The van der Waals surface area contributed by atoms with Crippen molar-refractivity contribution in [3.63, 3.8) is 0 Å². The van der Waals surface area contributed by atoms with Crippen molar-refractivity contribution >= 4 is 34.5 Å². The number of nitrogens with two attached hydrogens (primary N) is 1. The van der Waals surface area contributed by atoms with Crippen molar-refractivity contribution in [3.8, 4) is 0 Å². The zero-order chi connectivity index (χ0) is 14.7. The number of hydrogen-bond donors (Lipinski definition) is 2. The average molecular weight is 309 g/mol. The third-order valence-corrected chi connectivity index (χ3v) is 4.25. The van der Waals surface area contributed by atoms with Crippen LogP contribution < -0.4 is 11.1 Å². The summed E-state index contributed by atoms with van der Waals surface area (Å²) in [4.78, 5) is 13.5. The first-order valence-electron chi connectivity index (χ1n) is 6.38. The number of hydrogen-bond acceptors (Lipinski definition) is 3. The van der Waals surface area contributed by atoms with Crippen LogP contribution in [0, 0.1) is 5.92 Å². The first kappa shape index (κ1) is 14.9. The first-order valence-corrected chi connectivity index (χ1v) is 7.64. The Morgan fingerprint density at radius 1 is 1.35 bits per heavy atom. The highest BCUT2D eigenvalue weighted by molar-refractivity contribution is 7.10. The summed E-state index contributed by atoms with van der Waals surface area (Å²) < 4.78 is 0. The Labute approximate surface area is 127 Å². The molecule has 5 heteroatoms.